The molecule has 0 spiro atoms. The van der Waals surface area contributed by atoms with Crippen molar-refractivity contribution in [2.45, 2.75) is 13.3 Å². The Balaban J connectivity index is 2.14. The molecule has 1 aliphatic heterocycles. The Morgan fingerprint density at radius 2 is 2.10 bits per heavy atom. The molecule has 4 rings (SSSR count). The fourth-order valence-electron chi connectivity index (χ4n) is 3.16. The highest BCUT2D eigenvalue weighted by atomic mass is 16.5. The van der Waals surface area contributed by atoms with Gasteiger partial charge >= 0.3 is 0 Å². The molecule has 3 heteroatoms. The maximum atomic E-state index is 5.34. The molecule has 1 aromatic heterocycles. The second-order valence-corrected chi connectivity index (χ2v) is 5.31. The lowest BCUT2D eigenvalue weighted by Crippen LogP contribution is -2.05. The molecule has 0 aliphatic carbocycles. The summed E-state index contributed by atoms with van der Waals surface area (Å²) in [7, 11) is 1.70. The zero-order valence-electron chi connectivity index (χ0n) is 11.7. The molecule has 0 bridgehead atoms. The smallest absolute Gasteiger partial charge is 0.119 e. The van der Waals surface area contributed by atoms with Crippen LogP contribution in [0.5, 0.6) is 5.75 Å². The number of nitrogens with one attached hydrogen (secondary N) is 1. The summed E-state index contributed by atoms with van der Waals surface area (Å²) in [6.07, 6.45) is 3.04. The molecule has 1 aliphatic rings. The molecule has 0 amide bonds. The molecule has 0 fully saturated rings. The largest absolute Gasteiger partial charge is 0.497 e. The Morgan fingerprint density at radius 1 is 1.20 bits per heavy atom. The highest BCUT2D eigenvalue weighted by Gasteiger charge is 2.15. The van der Waals surface area contributed by atoms with Crippen molar-refractivity contribution in [1.82, 2.24) is 4.98 Å². The fraction of sp³-hybridized carbons (Fsp3) is 0.235. The normalized spacial score (nSPS) is 13.9. The third kappa shape index (κ3) is 1.49. The van der Waals surface area contributed by atoms with Crippen molar-refractivity contribution in [3.63, 3.8) is 0 Å². The summed E-state index contributed by atoms with van der Waals surface area (Å²) in [6.45, 7) is 3.10. The van der Waals surface area contributed by atoms with Gasteiger partial charge in [0, 0.05) is 34.6 Å². The first-order chi connectivity index (χ1) is 9.78. The SMILES string of the molecule is COc1ccc2[nH]c3c(C)c4c(cc3c2c1)C=NCC4. The van der Waals surface area contributed by atoms with Crippen LogP contribution in [0.2, 0.25) is 0 Å². The molecule has 3 aromatic rings. The van der Waals surface area contributed by atoms with Crippen LogP contribution < -0.4 is 4.74 Å². The lowest BCUT2D eigenvalue weighted by atomic mass is 9.94. The number of nitrogens with zero attached hydrogens (tertiary/aromatic N) is 1. The van der Waals surface area contributed by atoms with Gasteiger partial charge in [-0.15, -0.1) is 0 Å². The van der Waals surface area contributed by atoms with Crippen molar-refractivity contribution < 1.29 is 4.74 Å². The molecule has 0 radical (unpaired) electrons. The first-order valence-corrected chi connectivity index (χ1v) is 6.89. The first kappa shape index (κ1) is 11.5. The minimum atomic E-state index is 0.891. The maximum Gasteiger partial charge on any atom is 0.119 e. The molecule has 0 saturated carbocycles. The zero-order valence-corrected chi connectivity index (χ0v) is 11.7. The van der Waals surface area contributed by atoms with Crippen LogP contribution >= 0.6 is 0 Å². The number of hydrogen-bond donors (Lipinski definition) is 1. The molecule has 0 unspecified atom stereocenters. The molecular weight excluding hydrogens is 248 g/mol. The van der Waals surface area contributed by atoms with Crippen LogP contribution in [0.1, 0.15) is 16.7 Å². The van der Waals surface area contributed by atoms with Crippen LogP contribution in [0.4, 0.5) is 0 Å². The van der Waals surface area contributed by atoms with E-state index in [1.807, 2.05) is 12.3 Å². The molecular formula is C17H16N2O. The fourth-order valence-corrected chi connectivity index (χ4v) is 3.16. The number of ether oxygens (including phenoxy) is 1. The van der Waals surface area contributed by atoms with Crippen molar-refractivity contribution >= 4 is 28.0 Å². The molecule has 0 saturated heterocycles. The number of methoxy groups -OCH3 is 1. The van der Waals surface area contributed by atoms with Gasteiger partial charge in [-0.2, -0.15) is 0 Å². The first-order valence-electron chi connectivity index (χ1n) is 6.89. The van der Waals surface area contributed by atoms with E-state index in [0.29, 0.717) is 0 Å². The van der Waals surface area contributed by atoms with Gasteiger partial charge in [-0.1, -0.05) is 0 Å². The molecule has 1 N–H and O–H groups in total. The molecule has 100 valence electrons. The van der Waals surface area contributed by atoms with Crippen LogP contribution in [-0.4, -0.2) is 24.9 Å². The predicted molar refractivity (Wildman–Crippen MR) is 83.3 cm³/mol. The van der Waals surface area contributed by atoms with E-state index in [4.69, 9.17) is 4.74 Å². The van der Waals surface area contributed by atoms with Crippen LogP contribution in [-0.2, 0) is 6.42 Å². The minimum absolute atomic E-state index is 0.891. The third-order valence-corrected chi connectivity index (χ3v) is 4.24. The molecule has 0 atom stereocenters. The Kier molecular flexibility index (Phi) is 2.36. The number of benzene rings is 2. The maximum absolute atomic E-state index is 5.34. The van der Waals surface area contributed by atoms with Gasteiger partial charge in [0.05, 0.1) is 7.11 Å². The molecule has 2 aromatic carbocycles. The van der Waals surface area contributed by atoms with Crippen molar-refractivity contribution in [2.75, 3.05) is 13.7 Å². The van der Waals surface area contributed by atoms with Crippen LogP contribution in [0.15, 0.2) is 29.3 Å². The molecule has 2 heterocycles. The summed E-state index contributed by atoms with van der Waals surface area (Å²) in [5.74, 6) is 0.891. The minimum Gasteiger partial charge on any atom is -0.497 e. The van der Waals surface area contributed by atoms with Gasteiger partial charge in [0.15, 0.2) is 0 Å². The van der Waals surface area contributed by atoms with Gasteiger partial charge in [-0.05, 0) is 54.3 Å². The Hall–Kier alpha value is -2.29. The predicted octanol–water partition coefficient (Wildman–Crippen LogP) is 3.61. The van der Waals surface area contributed by atoms with E-state index in [-0.39, 0.29) is 0 Å². The summed E-state index contributed by atoms with van der Waals surface area (Å²) in [6, 6.07) is 8.42. The number of rotatable bonds is 1. The van der Waals surface area contributed by atoms with Crippen molar-refractivity contribution in [1.29, 1.82) is 0 Å². The Labute approximate surface area is 117 Å². The highest BCUT2D eigenvalue weighted by Crippen LogP contribution is 2.33. The number of aliphatic imine (C=N–C) groups is 1. The van der Waals surface area contributed by atoms with E-state index in [9.17, 15) is 0 Å². The second-order valence-electron chi connectivity index (χ2n) is 5.31. The summed E-state index contributed by atoms with van der Waals surface area (Å²) < 4.78 is 5.34. The van der Waals surface area contributed by atoms with Gasteiger partial charge in [-0.25, -0.2) is 0 Å². The van der Waals surface area contributed by atoms with E-state index < -0.39 is 0 Å². The van der Waals surface area contributed by atoms with Crippen LogP contribution in [0.25, 0.3) is 21.8 Å². The molecule has 3 nitrogen and oxygen atoms in total. The highest BCUT2D eigenvalue weighted by molar-refractivity contribution is 6.11. The van der Waals surface area contributed by atoms with Gasteiger partial charge in [0.2, 0.25) is 0 Å². The lowest BCUT2D eigenvalue weighted by molar-refractivity contribution is 0.415. The second kappa shape index (κ2) is 4.10. The quantitative estimate of drug-likeness (QED) is 0.716. The van der Waals surface area contributed by atoms with E-state index >= 15 is 0 Å². The monoisotopic (exact) mass is 264 g/mol. The number of aryl methyl sites for hydroxylation is 1. The third-order valence-electron chi connectivity index (χ3n) is 4.24. The van der Waals surface area contributed by atoms with E-state index in [0.717, 1.165) is 24.2 Å². The van der Waals surface area contributed by atoms with Gasteiger partial charge in [0.1, 0.15) is 5.75 Å². The summed E-state index contributed by atoms with van der Waals surface area (Å²) in [5, 5.41) is 2.47. The van der Waals surface area contributed by atoms with Crippen LogP contribution in [0, 0.1) is 6.92 Å². The average molecular weight is 264 g/mol. The van der Waals surface area contributed by atoms with Gasteiger partial charge < -0.3 is 9.72 Å². The topological polar surface area (TPSA) is 37.4 Å². The number of H-pyrrole nitrogens is 1. The van der Waals surface area contributed by atoms with Gasteiger partial charge in [-0.3, -0.25) is 4.99 Å². The Morgan fingerprint density at radius 3 is 2.95 bits per heavy atom. The summed E-state index contributed by atoms with van der Waals surface area (Å²) in [4.78, 5) is 7.95. The van der Waals surface area contributed by atoms with Crippen molar-refractivity contribution in [2.24, 2.45) is 4.99 Å². The Bertz CT molecular complexity index is 858. The molecule has 20 heavy (non-hydrogen) atoms. The summed E-state index contributed by atoms with van der Waals surface area (Å²) in [5.41, 5.74) is 6.42. The number of hydrogen-bond acceptors (Lipinski definition) is 2. The van der Waals surface area contributed by atoms with Crippen LogP contribution in [0.3, 0.4) is 0 Å². The summed E-state index contributed by atoms with van der Waals surface area (Å²) >= 11 is 0. The zero-order chi connectivity index (χ0) is 13.7. The van der Waals surface area contributed by atoms with Gasteiger partial charge in [0.25, 0.3) is 0 Å². The number of aromatic amines is 1. The van der Waals surface area contributed by atoms with E-state index in [2.05, 4.69) is 35.1 Å². The van der Waals surface area contributed by atoms with Crippen molar-refractivity contribution in [3.05, 3.63) is 41.0 Å². The lowest BCUT2D eigenvalue weighted by Gasteiger charge is -2.13. The average Bonchev–Trinajstić information content (AvgIpc) is 2.86. The standard InChI is InChI=1S/C17H16N2O/c1-10-13-5-6-18-9-11(13)7-15-14-8-12(20-2)3-4-16(14)19-17(10)15/h3-4,7-9,19H,5-6H2,1-2H3. The van der Waals surface area contributed by atoms with Crippen molar-refractivity contribution in [3.8, 4) is 5.75 Å². The number of fused-ring (bicyclic) bond motifs is 4. The van der Waals surface area contributed by atoms with E-state index in [1.54, 1.807) is 7.11 Å². The number of aromatic nitrogens is 1. The van der Waals surface area contributed by atoms with E-state index in [1.165, 1.54) is 33.0 Å².